The lowest BCUT2D eigenvalue weighted by Gasteiger charge is -2.18. The molecule has 0 saturated carbocycles. The maximum absolute atomic E-state index is 13.1. The van der Waals surface area contributed by atoms with Gasteiger partial charge in [-0.1, -0.05) is 12.1 Å². The molecule has 1 atom stereocenters. The van der Waals surface area contributed by atoms with Crippen LogP contribution in [0.2, 0.25) is 0 Å². The second-order valence-corrected chi connectivity index (χ2v) is 6.02. The van der Waals surface area contributed by atoms with Crippen molar-refractivity contribution in [2.24, 2.45) is 0 Å². The van der Waals surface area contributed by atoms with E-state index in [-0.39, 0.29) is 24.3 Å². The number of carbonyl (C=O) groups is 2. The van der Waals surface area contributed by atoms with Crippen molar-refractivity contribution in [2.45, 2.75) is 33.2 Å². The second-order valence-electron chi connectivity index (χ2n) is 6.02. The minimum Gasteiger partial charge on any atom is -0.382 e. The Morgan fingerprint density at radius 1 is 1.08 bits per heavy atom. The Kier molecular flexibility index (Phi) is 6.11. The van der Waals surface area contributed by atoms with Crippen molar-refractivity contribution in [2.75, 3.05) is 16.0 Å². The highest BCUT2D eigenvalue weighted by Crippen LogP contribution is 2.21. The molecule has 0 aliphatic heterocycles. The van der Waals surface area contributed by atoms with Gasteiger partial charge in [-0.05, 0) is 49.7 Å². The first-order valence-corrected chi connectivity index (χ1v) is 8.03. The number of aryl methyl sites for hydroxylation is 1. The average Bonchev–Trinajstić information content (AvgIpc) is 2.49. The van der Waals surface area contributed by atoms with Gasteiger partial charge < -0.3 is 16.0 Å². The summed E-state index contributed by atoms with van der Waals surface area (Å²) in [4.78, 5) is 23.3. The first-order valence-electron chi connectivity index (χ1n) is 8.03. The number of rotatable bonds is 6. The lowest BCUT2D eigenvalue weighted by atomic mass is 10.1. The molecule has 0 unspecified atom stereocenters. The van der Waals surface area contributed by atoms with Crippen molar-refractivity contribution in [3.8, 4) is 0 Å². The number of amides is 2. The van der Waals surface area contributed by atoms with Gasteiger partial charge in [0.15, 0.2) is 0 Å². The van der Waals surface area contributed by atoms with Gasteiger partial charge >= 0.3 is 0 Å². The van der Waals surface area contributed by atoms with Gasteiger partial charge in [-0.25, -0.2) is 4.39 Å². The number of carbonyl (C=O) groups excluding carboxylic acids is 2. The summed E-state index contributed by atoms with van der Waals surface area (Å²) in [6, 6.07) is 11.2. The van der Waals surface area contributed by atoms with E-state index in [1.807, 2.05) is 32.0 Å². The van der Waals surface area contributed by atoms with Gasteiger partial charge in [0.2, 0.25) is 11.8 Å². The summed E-state index contributed by atoms with van der Waals surface area (Å²) in [6.07, 6.45) is 0.223. The smallest absolute Gasteiger partial charge is 0.226 e. The molecule has 2 aromatic carbocycles. The van der Waals surface area contributed by atoms with Crippen LogP contribution in [0.5, 0.6) is 0 Å². The summed E-state index contributed by atoms with van der Waals surface area (Å²) in [5.74, 6) is -0.743. The average molecular weight is 343 g/mol. The number of anilines is 3. The predicted octanol–water partition coefficient (Wildman–Crippen LogP) is 3.92. The molecular formula is C19H22FN3O2. The maximum Gasteiger partial charge on any atom is 0.226 e. The molecule has 25 heavy (non-hydrogen) atoms. The predicted molar refractivity (Wildman–Crippen MR) is 98.2 cm³/mol. The quantitative estimate of drug-likeness (QED) is 0.744. The van der Waals surface area contributed by atoms with Crippen LogP contribution >= 0.6 is 0 Å². The van der Waals surface area contributed by atoms with E-state index >= 15 is 0 Å². The van der Waals surface area contributed by atoms with Crippen LogP contribution in [0.1, 0.15) is 25.8 Å². The molecule has 0 saturated heterocycles. The molecule has 0 heterocycles. The topological polar surface area (TPSA) is 70.2 Å². The zero-order chi connectivity index (χ0) is 18.4. The van der Waals surface area contributed by atoms with E-state index in [1.54, 1.807) is 12.1 Å². The number of benzene rings is 2. The molecular weight excluding hydrogens is 321 g/mol. The summed E-state index contributed by atoms with van der Waals surface area (Å²) < 4.78 is 13.1. The third-order valence-electron chi connectivity index (χ3n) is 3.56. The van der Waals surface area contributed by atoms with Crippen LogP contribution in [0.25, 0.3) is 0 Å². The Morgan fingerprint density at radius 3 is 2.48 bits per heavy atom. The summed E-state index contributed by atoms with van der Waals surface area (Å²) in [7, 11) is 0. The van der Waals surface area contributed by atoms with Crippen molar-refractivity contribution >= 4 is 28.9 Å². The first kappa shape index (κ1) is 18.4. The van der Waals surface area contributed by atoms with Gasteiger partial charge in [0, 0.05) is 36.4 Å². The molecule has 2 amide bonds. The maximum atomic E-state index is 13.1. The number of hydrogen-bond donors (Lipinski definition) is 3. The molecule has 132 valence electrons. The van der Waals surface area contributed by atoms with Gasteiger partial charge in [0.1, 0.15) is 5.82 Å². The van der Waals surface area contributed by atoms with Crippen molar-refractivity contribution in [3.63, 3.8) is 0 Å². The molecule has 0 fully saturated rings. The van der Waals surface area contributed by atoms with Crippen LogP contribution in [-0.2, 0) is 9.59 Å². The first-order chi connectivity index (χ1) is 11.8. The van der Waals surface area contributed by atoms with Crippen LogP contribution < -0.4 is 16.0 Å². The standard InChI is InChI=1S/C19H22FN3O2/c1-12-7-8-17(22-14(3)24)11-18(12)21-13(2)9-19(25)23-16-6-4-5-15(20)10-16/h4-8,10-11,13,21H,9H2,1-3H3,(H,22,24)(H,23,25)/t13-/m0/s1. The Morgan fingerprint density at radius 2 is 1.80 bits per heavy atom. The molecule has 2 rings (SSSR count). The lowest BCUT2D eigenvalue weighted by molar-refractivity contribution is -0.116. The largest absolute Gasteiger partial charge is 0.382 e. The van der Waals surface area contributed by atoms with Crippen LogP contribution in [0.15, 0.2) is 42.5 Å². The van der Waals surface area contributed by atoms with Crippen LogP contribution in [0, 0.1) is 12.7 Å². The van der Waals surface area contributed by atoms with Crippen LogP contribution in [0.4, 0.5) is 21.5 Å². The van der Waals surface area contributed by atoms with Crippen molar-refractivity contribution in [1.82, 2.24) is 0 Å². The van der Waals surface area contributed by atoms with Gasteiger partial charge in [0.25, 0.3) is 0 Å². The van der Waals surface area contributed by atoms with Crippen molar-refractivity contribution in [3.05, 3.63) is 53.8 Å². The monoisotopic (exact) mass is 343 g/mol. The molecule has 0 aromatic heterocycles. The zero-order valence-corrected chi connectivity index (χ0v) is 14.5. The fourth-order valence-corrected chi connectivity index (χ4v) is 2.43. The van der Waals surface area contributed by atoms with Gasteiger partial charge in [-0.2, -0.15) is 0 Å². The highest BCUT2D eigenvalue weighted by atomic mass is 19.1. The Bertz CT molecular complexity index is 777. The summed E-state index contributed by atoms with van der Waals surface area (Å²) in [5.41, 5.74) is 2.97. The lowest BCUT2D eigenvalue weighted by Crippen LogP contribution is -2.24. The third-order valence-corrected chi connectivity index (χ3v) is 3.56. The van der Waals surface area contributed by atoms with E-state index < -0.39 is 5.82 Å². The minimum atomic E-state index is -0.394. The van der Waals surface area contributed by atoms with Crippen LogP contribution in [0.3, 0.4) is 0 Å². The molecule has 0 spiro atoms. The molecule has 3 N–H and O–H groups in total. The highest BCUT2D eigenvalue weighted by Gasteiger charge is 2.11. The van der Waals surface area contributed by atoms with Gasteiger partial charge in [-0.3, -0.25) is 9.59 Å². The number of nitrogens with one attached hydrogen (secondary N) is 3. The number of hydrogen-bond acceptors (Lipinski definition) is 3. The van der Waals surface area contributed by atoms with E-state index in [4.69, 9.17) is 0 Å². The summed E-state index contributed by atoms with van der Waals surface area (Å²) in [5, 5.41) is 8.67. The molecule has 0 aliphatic rings. The molecule has 0 bridgehead atoms. The van der Waals surface area contributed by atoms with E-state index in [9.17, 15) is 14.0 Å². The molecule has 0 aliphatic carbocycles. The normalized spacial score (nSPS) is 11.5. The molecule has 5 nitrogen and oxygen atoms in total. The Balaban J connectivity index is 1.96. The summed E-state index contributed by atoms with van der Waals surface area (Å²) >= 11 is 0. The van der Waals surface area contributed by atoms with Crippen LogP contribution in [-0.4, -0.2) is 17.9 Å². The Hall–Kier alpha value is -2.89. The fraction of sp³-hybridized carbons (Fsp3) is 0.263. The highest BCUT2D eigenvalue weighted by molar-refractivity contribution is 5.91. The van der Waals surface area contributed by atoms with E-state index in [0.717, 1.165) is 11.3 Å². The molecule has 6 heteroatoms. The number of halogens is 1. The Labute approximate surface area is 146 Å². The van der Waals surface area contributed by atoms with E-state index in [0.29, 0.717) is 11.4 Å². The van der Waals surface area contributed by atoms with E-state index in [2.05, 4.69) is 16.0 Å². The fourth-order valence-electron chi connectivity index (χ4n) is 2.43. The second kappa shape index (κ2) is 8.28. The van der Waals surface area contributed by atoms with E-state index in [1.165, 1.54) is 19.1 Å². The SMILES string of the molecule is CC(=O)Nc1ccc(C)c(N[C@@H](C)CC(=O)Nc2cccc(F)c2)c1. The summed E-state index contributed by atoms with van der Waals surface area (Å²) in [6.45, 7) is 5.28. The minimum absolute atomic E-state index is 0.139. The van der Waals surface area contributed by atoms with Crippen molar-refractivity contribution < 1.29 is 14.0 Å². The molecule has 0 radical (unpaired) electrons. The van der Waals surface area contributed by atoms with Gasteiger partial charge in [-0.15, -0.1) is 0 Å². The third kappa shape index (κ3) is 5.91. The molecule has 2 aromatic rings. The van der Waals surface area contributed by atoms with Crippen molar-refractivity contribution in [1.29, 1.82) is 0 Å². The zero-order valence-electron chi connectivity index (χ0n) is 14.5. The van der Waals surface area contributed by atoms with Gasteiger partial charge in [0.05, 0.1) is 0 Å².